The van der Waals surface area contributed by atoms with E-state index in [1.807, 2.05) is 12.1 Å². The standard InChI is InChI=1S/C14H18O3/c1-11(2)10-17-14-7-6-13(16-3)9-12(14)5-4-8-15/h6-7,9,11,15H,8,10H2,1-3H3. The SMILES string of the molecule is COc1ccc(OCC(C)C)c(C#CCO)c1. The van der Waals surface area contributed by atoms with Crippen molar-refractivity contribution in [1.82, 2.24) is 0 Å². The zero-order chi connectivity index (χ0) is 12.7. The fourth-order valence-corrected chi connectivity index (χ4v) is 1.25. The Morgan fingerprint density at radius 2 is 2.12 bits per heavy atom. The van der Waals surface area contributed by atoms with Gasteiger partial charge in [-0.05, 0) is 24.1 Å². The molecule has 1 N–H and O–H groups in total. The molecule has 0 spiro atoms. The molecule has 92 valence electrons. The van der Waals surface area contributed by atoms with E-state index in [0.29, 0.717) is 12.5 Å². The minimum atomic E-state index is -0.166. The van der Waals surface area contributed by atoms with Gasteiger partial charge in [0.15, 0.2) is 0 Å². The predicted octanol–water partition coefficient (Wildman–Crippen LogP) is 2.07. The van der Waals surface area contributed by atoms with Crippen molar-refractivity contribution in [3.63, 3.8) is 0 Å². The summed E-state index contributed by atoms with van der Waals surface area (Å²) in [5, 5.41) is 8.72. The maximum absolute atomic E-state index is 8.72. The molecular formula is C14H18O3. The molecule has 0 unspecified atom stereocenters. The average molecular weight is 234 g/mol. The Morgan fingerprint density at radius 1 is 1.35 bits per heavy atom. The lowest BCUT2D eigenvalue weighted by Crippen LogP contribution is -2.05. The lowest BCUT2D eigenvalue weighted by molar-refractivity contribution is 0.270. The van der Waals surface area contributed by atoms with Crippen LogP contribution < -0.4 is 9.47 Å². The second kappa shape index (κ2) is 6.82. The normalized spacial score (nSPS) is 9.71. The third-order valence-electron chi connectivity index (χ3n) is 2.06. The van der Waals surface area contributed by atoms with Gasteiger partial charge >= 0.3 is 0 Å². The Hall–Kier alpha value is -1.66. The smallest absolute Gasteiger partial charge is 0.135 e. The molecule has 0 heterocycles. The van der Waals surface area contributed by atoms with E-state index in [9.17, 15) is 0 Å². The summed E-state index contributed by atoms with van der Waals surface area (Å²) in [7, 11) is 1.60. The van der Waals surface area contributed by atoms with Gasteiger partial charge in [0.1, 0.15) is 18.1 Å². The molecule has 0 saturated carbocycles. The summed E-state index contributed by atoms with van der Waals surface area (Å²) in [6.07, 6.45) is 0. The van der Waals surface area contributed by atoms with Crippen LogP contribution in [0.15, 0.2) is 18.2 Å². The lowest BCUT2D eigenvalue weighted by Gasteiger charge is -2.11. The van der Waals surface area contributed by atoms with Crippen molar-refractivity contribution >= 4 is 0 Å². The zero-order valence-corrected chi connectivity index (χ0v) is 10.5. The Balaban J connectivity index is 2.93. The summed E-state index contributed by atoms with van der Waals surface area (Å²) in [5.41, 5.74) is 0.735. The summed E-state index contributed by atoms with van der Waals surface area (Å²) >= 11 is 0. The topological polar surface area (TPSA) is 38.7 Å². The third-order valence-corrected chi connectivity index (χ3v) is 2.06. The van der Waals surface area contributed by atoms with E-state index >= 15 is 0 Å². The fourth-order valence-electron chi connectivity index (χ4n) is 1.25. The number of rotatable bonds is 4. The number of hydrogen-bond donors (Lipinski definition) is 1. The molecular weight excluding hydrogens is 216 g/mol. The van der Waals surface area contributed by atoms with Gasteiger partial charge in [-0.15, -0.1) is 0 Å². The average Bonchev–Trinajstić information content (AvgIpc) is 2.34. The van der Waals surface area contributed by atoms with Gasteiger partial charge in [0, 0.05) is 0 Å². The maximum Gasteiger partial charge on any atom is 0.135 e. The van der Waals surface area contributed by atoms with Crippen LogP contribution in [0.3, 0.4) is 0 Å². The minimum absolute atomic E-state index is 0.166. The molecule has 1 aromatic rings. The van der Waals surface area contributed by atoms with Crippen molar-refractivity contribution in [2.75, 3.05) is 20.3 Å². The molecule has 0 aliphatic rings. The van der Waals surface area contributed by atoms with Crippen molar-refractivity contribution in [2.24, 2.45) is 5.92 Å². The number of aliphatic hydroxyl groups is 1. The number of methoxy groups -OCH3 is 1. The molecule has 0 saturated heterocycles. The highest BCUT2D eigenvalue weighted by Gasteiger charge is 2.04. The van der Waals surface area contributed by atoms with Gasteiger partial charge in [0.05, 0.1) is 19.3 Å². The first-order valence-electron chi connectivity index (χ1n) is 5.58. The van der Waals surface area contributed by atoms with E-state index in [1.165, 1.54) is 0 Å². The molecule has 1 rings (SSSR count). The van der Waals surface area contributed by atoms with Gasteiger partial charge in [0.2, 0.25) is 0 Å². The van der Waals surface area contributed by atoms with E-state index in [-0.39, 0.29) is 6.61 Å². The van der Waals surface area contributed by atoms with Crippen molar-refractivity contribution in [3.8, 4) is 23.3 Å². The Labute approximate surface area is 102 Å². The molecule has 0 amide bonds. The molecule has 17 heavy (non-hydrogen) atoms. The Bertz CT molecular complexity index is 413. The highest BCUT2D eigenvalue weighted by molar-refractivity contribution is 5.50. The van der Waals surface area contributed by atoms with E-state index in [2.05, 4.69) is 25.7 Å². The number of ether oxygens (including phenoxy) is 2. The quantitative estimate of drug-likeness (QED) is 0.811. The molecule has 0 aliphatic heterocycles. The van der Waals surface area contributed by atoms with Crippen LogP contribution in [0.25, 0.3) is 0 Å². The van der Waals surface area contributed by atoms with Crippen molar-refractivity contribution < 1.29 is 14.6 Å². The van der Waals surface area contributed by atoms with Crippen molar-refractivity contribution in [3.05, 3.63) is 23.8 Å². The zero-order valence-electron chi connectivity index (χ0n) is 10.5. The second-order valence-corrected chi connectivity index (χ2v) is 4.03. The van der Waals surface area contributed by atoms with E-state index in [0.717, 1.165) is 17.1 Å². The second-order valence-electron chi connectivity index (χ2n) is 4.03. The molecule has 3 heteroatoms. The van der Waals surface area contributed by atoms with Crippen LogP contribution in [0.5, 0.6) is 11.5 Å². The van der Waals surface area contributed by atoms with Crippen LogP contribution in [0.2, 0.25) is 0 Å². The first-order valence-corrected chi connectivity index (χ1v) is 5.58. The molecule has 1 aromatic carbocycles. The Kier molecular flexibility index (Phi) is 5.38. The van der Waals surface area contributed by atoms with Gasteiger partial charge < -0.3 is 14.6 Å². The van der Waals surface area contributed by atoms with Crippen LogP contribution in [0, 0.1) is 17.8 Å². The molecule has 0 fully saturated rings. The molecule has 0 aliphatic carbocycles. The van der Waals surface area contributed by atoms with Crippen LogP contribution in [0.4, 0.5) is 0 Å². The Morgan fingerprint density at radius 3 is 2.71 bits per heavy atom. The predicted molar refractivity (Wildman–Crippen MR) is 67.3 cm³/mol. The summed E-state index contributed by atoms with van der Waals surface area (Å²) in [4.78, 5) is 0. The van der Waals surface area contributed by atoms with Crippen molar-refractivity contribution in [1.29, 1.82) is 0 Å². The third kappa shape index (κ3) is 4.38. The van der Waals surface area contributed by atoms with Crippen LogP contribution in [-0.4, -0.2) is 25.4 Å². The fraction of sp³-hybridized carbons (Fsp3) is 0.429. The summed E-state index contributed by atoms with van der Waals surface area (Å²) in [5.74, 6) is 7.37. The van der Waals surface area contributed by atoms with Gasteiger partial charge in [-0.2, -0.15) is 0 Å². The van der Waals surface area contributed by atoms with Crippen LogP contribution in [-0.2, 0) is 0 Å². The van der Waals surface area contributed by atoms with Crippen LogP contribution in [0.1, 0.15) is 19.4 Å². The van der Waals surface area contributed by atoms with Gasteiger partial charge in [-0.1, -0.05) is 25.7 Å². The largest absolute Gasteiger partial charge is 0.497 e. The van der Waals surface area contributed by atoms with Gasteiger partial charge in [-0.3, -0.25) is 0 Å². The first-order chi connectivity index (χ1) is 8.17. The summed E-state index contributed by atoms with van der Waals surface area (Å²) in [6.45, 7) is 4.65. The number of hydrogen-bond acceptors (Lipinski definition) is 3. The molecule has 0 atom stereocenters. The molecule has 0 bridgehead atoms. The number of benzene rings is 1. The maximum atomic E-state index is 8.72. The monoisotopic (exact) mass is 234 g/mol. The van der Waals surface area contributed by atoms with Gasteiger partial charge in [-0.25, -0.2) is 0 Å². The molecule has 0 radical (unpaired) electrons. The number of aliphatic hydroxyl groups excluding tert-OH is 1. The summed E-state index contributed by atoms with van der Waals surface area (Å²) < 4.78 is 10.8. The van der Waals surface area contributed by atoms with Crippen molar-refractivity contribution in [2.45, 2.75) is 13.8 Å². The highest BCUT2D eigenvalue weighted by Crippen LogP contribution is 2.23. The lowest BCUT2D eigenvalue weighted by atomic mass is 10.2. The van der Waals surface area contributed by atoms with Crippen LogP contribution >= 0.6 is 0 Å². The molecule has 0 aromatic heterocycles. The summed E-state index contributed by atoms with van der Waals surface area (Å²) in [6, 6.07) is 5.47. The minimum Gasteiger partial charge on any atom is -0.497 e. The van der Waals surface area contributed by atoms with E-state index in [1.54, 1.807) is 13.2 Å². The van der Waals surface area contributed by atoms with E-state index in [4.69, 9.17) is 14.6 Å². The van der Waals surface area contributed by atoms with E-state index < -0.39 is 0 Å². The first kappa shape index (κ1) is 13.4. The highest BCUT2D eigenvalue weighted by atomic mass is 16.5. The molecule has 3 nitrogen and oxygen atoms in total. The van der Waals surface area contributed by atoms with Gasteiger partial charge in [0.25, 0.3) is 0 Å².